The average molecular weight is 171 g/mol. The van der Waals surface area contributed by atoms with E-state index in [9.17, 15) is 0 Å². The quantitative estimate of drug-likeness (QED) is 0.445. The summed E-state index contributed by atoms with van der Waals surface area (Å²) in [6.45, 7) is 4.58. The number of nitrogens with one attached hydrogen (secondary N) is 1. The Balaban J connectivity index is 3.32. The first kappa shape index (κ1) is 11.7. The standard InChI is InChI=1S/C10H21NO/c1-4-5-7-10(11-2)8-6-9-12-3/h4,10-11H,1,5-9H2,2-3H3. The van der Waals surface area contributed by atoms with Gasteiger partial charge in [0.25, 0.3) is 0 Å². The molecular weight excluding hydrogens is 150 g/mol. The van der Waals surface area contributed by atoms with Crippen LogP contribution in [-0.2, 0) is 4.74 Å². The van der Waals surface area contributed by atoms with Gasteiger partial charge in [-0.25, -0.2) is 0 Å². The minimum absolute atomic E-state index is 0.623. The molecule has 0 saturated carbocycles. The molecule has 0 radical (unpaired) electrons. The van der Waals surface area contributed by atoms with Gasteiger partial charge in [-0.1, -0.05) is 6.08 Å². The second kappa shape index (κ2) is 8.75. The predicted octanol–water partition coefficient (Wildman–Crippen LogP) is 1.97. The zero-order chi connectivity index (χ0) is 9.23. The summed E-state index contributed by atoms with van der Waals surface area (Å²) >= 11 is 0. The molecule has 0 heterocycles. The van der Waals surface area contributed by atoms with Gasteiger partial charge in [-0.2, -0.15) is 0 Å². The fraction of sp³-hybridized carbons (Fsp3) is 0.800. The summed E-state index contributed by atoms with van der Waals surface area (Å²) in [6.07, 6.45) is 6.58. The largest absolute Gasteiger partial charge is 0.385 e. The molecule has 2 heteroatoms. The molecule has 0 aliphatic heterocycles. The van der Waals surface area contributed by atoms with E-state index in [1.807, 2.05) is 13.1 Å². The monoisotopic (exact) mass is 171 g/mol. The minimum atomic E-state index is 0.623. The van der Waals surface area contributed by atoms with Crippen LogP contribution in [0.2, 0.25) is 0 Å². The summed E-state index contributed by atoms with van der Waals surface area (Å²) in [7, 11) is 3.76. The van der Waals surface area contributed by atoms with E-state index >= 15 is 0 Å². The Labute approximate surface area is 76.0 Å². The summed E-state index contributed by atoms with van der Waals surface area (Å²) in [5.41, 5.74) is 0. The third kappa shape index (κ3) is 6.38. The Morgan fingerprint density at radius 3 is 2.75 bits per heavy atom. The van der Waals surface area contributed by atoms with Crippen molar-refractivity contribution in [3.63, 3.8) is 0 Å². The first-order valence-corrected chi connectivity index (χ1v) is 4.62. The fourth-order valence-electron chi connectivity index (χ4n) is 1.23. The summed E-state index contributed by atoms with van der Waals surface area (Å²) in [5, 5.41) is 3.29. The second-order valence-corrected chi connectivity index (χ2v) is 2.99. The molecule has 0 aromatic carbocycles. The van der Waals surface area contributed by atoms with Crippen molar-refractivity contribution in [1.82, 2.24) is 5.32 Å². The van der Waals surface area contributed by atoms with Crippen molar-refractivity contribution in [2.24, 2.45) is 0 Å². The Morgan fingerprint density at radius 2 is 2.25 bits per heavy atom. The lowest BCUT2D eigenvalue weighted by Crippen LogP contribution is -2.25. The highest BCUT2D eigenvalue weighted by atomic mass is 16.5. The minimum Gasteiger partial charge on any atom is -0.385 e. The molecule has 0 amide bonds. The molecule has 1 atom stereocenters. The summed E-state index contributed by atoms with van der Waals surface area (Å²) < 4.78 is 4.99. The molecule has 0 saturated heterocycles. The van der Waals surface area contributed by atoms with Crippen molar-refractivity contribution in [2.45, 2.75) is 31.7 Å². The van der Waals surface area contributed by atoms with E-state index in [1.165, 1.54) is 12.8 Å². The Kier molecular flexibility index (Phi) is 8.51. The Hall–Kier alpha value is -0.340. The second-order valence-electron chi connectivity index (χ2n) is 2.99. The van der Waals surface area contributed by atoms with Crippen LogP contribution >= 0.6 is 0 Å². The Morgan fingerprint density at radius 1 is 1.50 bits per heavy atom. The van der Waals surface area contributed by atoms with Crippen molar-refractivity contribution >= 4 is 0 Å². The van der Waals surface area contributed by atoms with E-state index in [2.05, 4.69) is 11.9 Å². The van der Waals surface area contributed by atoms with Crippen LogP contribution in [0.15, 0.2) is 12.7 Å². The number of methoxy groups -OCH3 is 1. The highest BCUT2D eigenvalue weighted by molar-refractivity contribution is 4.72. The molecule has 0 spiro atoms. The molecule has 0 rings (SSSR count). The highest BCUT2D eigenvalue weighted by Gasteiger charge is 2.03. The molecule has 0 aromatic heterocycles. The van der Waals surface area contributed by atoms with E-state index in [0.717, 1.165) is 19.4 Å². The normalized spacial score (nSPS) is 12.8. The zero-order valence-electron chi connectivity index (χ0n) is 8.31. The van der Waals surface area contributed by atoms with Gasteiger partial charge < -0.3 is 10.1 Å². The van der Waals surface area contributed by atoms with Crippen molar-refractivity contribution in [3.05, 3.63) is 12.7 Å². The van der Waals surface area contributed by atoms with Gasteiger partial charge in [0.15, 0.2) is 0 Å². The predicted molar refractivity (Wildman–Crippen MR) is 53.4 cm³/mol. The van der Waals surface area contributed by atoms with Crippen LogP contribution in [0, 0.1) is 0 Å². The molecule has 0 fully saturated rings. The summed E-state index contributed by atoms with van der Waals surface area (Å²) in [6, 6.07) is 0.623. The molecule has 12 heavy (non-hydrogen) atoms. The first-order chi connectivity index (χ1) is 5.85. The molecule has 0 bridgehead atoms. The number of hydrogen-bond donors (Lipinski definition) is 1. The molecule has 0 aliphatic carbocycles. The van der Waals surface area contributed by atoms with Gasteiger partial charge in [0, 0.05) is 19.8 Å². The molecule has 72 valence electrons. The van der Waals surface area contributed by atoms with Gasteiger partial charge in [0.05, 0.1) is 0 Å². The smallest absolute Gasteiger partial charge is 0.0462 e. The van der Waals surface area contributed by atoms with Crippen LogP contribution < -0.4 is 5.32 Å². The van der Waals surface area contributed by atoms with Crippen LogP contribution in [-0.4, -0.2) is 26.8 Å². The van der Waals surface area contributed by atoms with E-state index in [0.29, 0.717) is 6.04 Å². The lowest BCUT2D eigenvalue weighted by atomic mass is 10.1. The van der Waals surface area contributed by atoms with Crippen LogP contribution in [0.1, 0.15) is 25.7 Å². The highest BCUT2D eigenvalue weighted by Crippen LogP contribution is 2.04. The molecule has 2 nitrogen and oxygen atoms in total. The number of rotatable bonds is 8. The van der Waals surface area contributed by atoms with Gasteiger partial charge in [0.1, 0.15) is 0 Å². The maximum atomic E-state index is 4.99. The van der Waals surface area contributed by atoms with E-state index in [1.54, 1.807) is 7.11 Å². The summed E-state index contributed by atoms with van der Waals surface area (Å²) in [5.74, 6) is 0. The van der Waals surface area contributed by atoms with Crippen molar-refractivity contribution in [3.8, 4) is 0 Å². The van der Waals surface area contributed by atoms with Crippen LogP contribution in [0.4, 0.5) is 0 Å². The van der Waals surface area contributed by atoms with Gasteiger partial charge in [0.2, 0.25) is 0 Å². The van der Waals surface area contributed by atoms with Gasteiger partial charge in [-0.15, -0.1) is 6.58 Å². The first-order valence-electron chi connectivity index (χ1n) is 4.62. The Bertz CT molecular complexity index is 104. The molecule has 0 aliphatic rings. The molecule has 0 aromatic rings. The third-order valence-electron chi connectivity index (χ3n) is 2.03. The number of allylic oxidation sites excluding steroid dienone is 1. The lowest BCUT2D eigenvalue weighted by Gasteiger charge is -2.14. The fourth-order valence-corrected chi connectivity index (χ4v) is 1.23. The van der Waals surface area contributed by atoms with E-state index in [-0.39, 0.29) is 0 Å². The topological polar surface area (TPSA) is 21.3 Å². The van der Waals surface area contributed by atoms with E-state index in [4.69, 9.17) is 4.74 Å². The van der Waals surface area contributed by atoms with Crippen molar-refractivity contribution in [1.29, 1.82) is 0 Å². The third-order valence-corrected chi connectivity index (χ3v) is 2.03. The number of hydrogen-bond acceptors (Lipinski definition) is 2. The van der Waals surface area contributed by atoms with Crippen LogP contribution in [0.25, 0.3) is 0 Å². The van der Waals surface area contributed by atoms with Crippen LogP contribution in [0.5, 0.6) is 0 Å². The molecule has 1 unspecified atom stereocenters. The summed E-state index contributed by atoms with van der Waals surface area (Å²) in [4.78, 5) is 0. The molecular formula is C10H21NO. The maximum Gasteiger partial charge on any atom is 0.0462 e. The SMILES string of the molecule is C=CCCC(CCCOC)NC. The average Bonchev–Trinajstić information content (AvgIpc) is 2.11. The lowest BCUT2D eigenvalue weighted by molar-refractivity contribution is 0.188. The van der Waals surface area contributed by atoms with Crippen LogP contribution in [0.3, 0.4) is 0 Å². The zero-order valence-corrected chi connectivity index (χ0v) is 8.31. The van der Waals surface area contributed by atoms with E-state index < -0.39 is 0 Å². The molecule has 1 N–H and O–H groups in total. The number of ether oxygens (including phenoxy) is 1. The van der Waals surface area contributed by atoms with Gasteiger partial charge in [-0.05, 0) is 32.7 Å². The van der Waals surface area contributed by atoms with Crippen molar-refractivity contribution < 1.29 is 4.74 Å². The van der Waals surface area contributed by atoms with Crippen molar-refractivity contribution in [2.75, 3.05) is 20.8 Å². The van der Waals surface area contributed by atoms with Gasteiger partial charge in [-0.3, -0.25) is 0 Å². The van der Waals surface area contributed by atoms with Gasteiger partial charge >= 0.3 is 0 Å². The maximum absolute atomic E-state index is 4.99.